The summed E-state index contributed by atoms with van der Waals surface area (Å²) in [5.74, 6) is 0.631. The molecule has 6 heteroatoms. The summed E-state index contributed by atoms with van der Waals surface area (Å²) in [6.07, 6.45) is 1.96. The third-order valence-corrected chi connectivity index (χ3v) is 3.44. The van der Waals surface area contributed by atoms with Gasteiger partial charge in [0.15, 0.2) is 6.61 Å². The van der Waals surface area contributed by atoms with Gasteiger partial charge < -0.3 is 15.4 Å². The second-order valence-electron chi connectivity index (χ2n) is 4.79. The second kappa shape index (κ2) is 8.35. The highest BCUT2D eigenvalue weighted by Crippen LogP contribution is 2.21. The first-order valence-electron chi connectivity index (χ1n) is 6.54. The molecular weight excluding hydrogens is 299 g/mol. The van der Waals surface area contributed by atoms with Crippen molar-refractivity contribution in [1.29, 1.82) is 0 Å². The van der Waals surface area contributed by atoms with E-state index in [0.717, 1.165) is 31.5 Å². The van der Waals surface area contributed by atoms with Gasteiger partial charge in [-0.15, -0.1) is 12.4 Å². The molecule has 112 valence electrons. The molecule has 1 heterocycles. The Labute approximate surface area is 130 Å². The molecule has 0 unspecified atom stereocenters. The predicted molar refractivity (Wildman–Crippen MR) is 83.0 cm³/mol. The number of benzene rings is 1. The molecule has 0 radical (unpaired) electrons. The molecule has 1 fully saturated rings. The number of amides is 1. The van der Waals surface area contributed by atoms with Gasteiger partial charge in [0.1, 0.15) is 5.75 Å². The van der Waals surface area contributed by atoms with Crippen molar-refractivity contribution in [1.82, 2.24) is 10.6 Å². The number of ether oxygens (including phenoxy) is 1. The van der Waals surface area contributed by atoms with E-state index in [0.29, 0.717) is 10.8 Å². The van der Waals surface area contributed by atoms with Gasteiger partial charge in [-0.3, -0.25) is 4.79 Å². The van der Waals surface area contributed by atoms with E-state index in [4.69, 9.17) is 16.3 Å². The summed E-state index contributed by atoms with van der Waals surface area (Å²) in [6.45, 7) is 3.88. The summed E-state index contributed by atoms with van der Waals surface area (Å²) < 4.78 is 5.51. The minimum Gasteiger partial charge on any atom is -0.484 e. The summed E-state index contributed by atoms with van der Waals surface area (Å²) in [6, 6.07) is 5.63. The maximum atomic E-state index is 11.8. The lowest BCUT2D eigenvalue weighted by Gasteiger charge is -2.23. The van der Waals surface area contributed by atoms with Crippen LogP contribution in [0.1, 0.15) is 18.4 Å². The lowest BCUT2D eigenvalue weighted by molar-refractivity contribution is -0.123. The van der Waals surface area contributed by atoms with E-state index in [1.54, 1.807) is 12.1 Å². The fraction of sp³-hybridized carbons (Fsp3) is 0.500. The van der Waals surface area contributed by atoms with Crippen molar-refractivity contribution in [3.05, 3.63) is 28.8 Å². The molecule has 4 nitrogen and oxygen atoms in total. The number of carbonyl (C=O) groups excluding carboxylic acids is 1. The predicted octanol–water partition coefficient (Wildman–Crippen LogP) is 2.32. The van der Waals surface area contributed by atoms with Crippen LogP contribution in [0.2, 0.25) is 5.02 Å². The van der Waals surface area contributed by atoms with Gasteiger partial charge in [0.25, 0.3) is 5.91 Å². The minimum absolute atomic E-state index is 0. The molecular formula is C14H20Cl2N2O2. The van der Waals surface area contributed by atoms with Crippen molar-refractivity contribution in [2.24, 2.45) is 0 Å². The van der Waals surface area contributed by atoms with E-state index < -0.39 is 0 Å². The standard InChI is InChI=1S/C14H19ClN2O2.ClH/c1-10-8-11(15)2-3-13(10)19-9-14(18)17-12-4-6-16-7-5-12;/h2-3,8,12,16H,4-7,9H2,1H3,(H,17,18);1H. The maximum Gasteiger partial charge on any atom is 0.258 e. The molecule has 2 rings (SSSR count). The Morgan fingerprint density at radius 3 is 2.80 bits per heavy atom. The number of aryl methyl sites for hydroxylation is 1. The first-order valence-corrected chi connectivity index (χ1v) is 6.92. The molecule has 0 atom stereocenters. The van der Waals surface area contributed by atoms with Crippen molar-refractivity contribution >= 4 is 29.9 Å². The van der Waals surface area contributed by atoms with Crippen LogP contribution in [0.15, 0.2) is 18.2 Å². The lowest BCUT2D eigenvalue weighted by atomic mass is 10.1. The largest absolute Gasteiger partial charge is 0.484 e. The van der Waals surface area contributed by atoms with Gasteiger partial charge in [-0.05, 0) is 56.6 Å². The van der Waals surface area contributed by atoms with Gasteiger partial charge in [-0.1, -0.05) is 11.6 Å². The monoisotopic (exact) mass is 318 g/mol. The number of hydrogen-bond donors (Lipinski definition) is 2. The van der Waals surface area contributed by atoms with Crippen LogP contribution < -0.4 is 15.4 Å². The number of carbonyl (C=O) groups is 1. The number of piperidine rings is 1. The van der Waals surface area contributed by atoms with Gasteiger partial charge in [-0.2, -0.15) is 0 Å². The molecule has 1 aliphatic rings. The molecule has 0 aliphatic carbocycles. The highest BCUT2D eigenvalue weighted by molar-refractivity contribution is 6.30. The van der Waals surface area contributed by atoms with Crippen LogP contribution in [0.4, 0.5) is 0 Å². The van der Waals surface area contributed by atoms with Crippen LogP contribution >= 0.6 is 24.0 Å². The normalized spacial score (nSPS) is 15.3. The number of rotatable bonds is 4. The Morgan fingerprint density at radius 1 is 1.45 bits per heavy atom. The highest BCUT2D eigenvalue weighted by atomic mass is 35.5. The van der Waals surface area contributed by atoms with Crippen LogP contribution in [-0.2, 0) is 4.79 Å². The number of halogens is 2. The minimum atomic E-state index is -0.0683. The van der Waals surface area contributed by atoms with Gasteiger partial charge in [0.2, 0.25) is 0 Å². The Bertz CT molecular complexity index is 449. The van der Waals surface area contributed by atoms with Crippen molar-refractivity contribution in [3.63, 3.8) is 0 Å². The first kappa shape index (κ1) is 17.1. The Balaban J connectivity index is 0.00000200. The van der Waals surface area contributed by atoms with Gasteiger partial charge in [0, 0.05) is 11.1 Å². The molecule has 0 saturated carbocycles. The first-order chi connectivity index (χ1) is 9.15. The van der Waals surface area contributed by atoms with Crippen molar-refractivity contribution in [3.8, 4) is 5.75 Å². The Hall–Kier alpha value is -0.970. The van der Waals surface area contributed by atoms with E-state index >= 15 is 0 Å². The molecule has 1 amide bonds. The molecule has 1 aromatic carbocycles. The van der Waals surface area contributed by atoms with Crippen molar-refractivity contribution < 1.29 is 9.53 Å². The van der Waals surface area contributed by atoms with E-state index in [-0.39, 0.29) is 31.0 Å². The topological polar surface area (TPSA) is 50.4 Å². The third-order valence-electron chi connectivity index (χ3n) is 3.20. The van der Waals surface area contributed by atoms with Crippen molar-refractivity contribution in [2.45, 2.75) is 25.8 Å². The fourth-order valence-corrected chi connectivity index (χ4v) is 2.38. The summed E-state index contributed by atoms with van der Waals surface area (Å²) >= 11 is 5.87. The molecule has 20 heavy (non-hydrogen) atoms. The fourth-order valence-electron chi connectivity index (χ4n) is 2.15. The van der Waals surface area contributed by atoms with Crippen molar-refractivity contribution in [2.75, 3.05) is 19.7 Å². The van der Waals surface area contributed by atoms with Crippen LogP contribution in [0.25, 0.3) is 0 Å². The van der Waals surface area contributed by atoms with Crippen LogP contribution in [0.3, 0.4) is 0 Å². The van der Waals surface area contributed by atoms with Crippen LogP contribution in [0.5, 0.6) is 5.75 Å². The summed E-state index contributed by atoms with van der Waals surface area (Å²) in [4.78, 5) is 11.8. The molecule has 2 N–H and O–H groups in total. The molecule has 1 saturated heterocycles. The smallest absolute Gasteiger partial charge is 0.258 e. The Morgan fingerprint density at radius 2 is 2.15 bits per heavy atom. The average Bonchev–Trinajstić information content (AvgIpc) is 2.39. The maximum absolute atomic E-state index is 11.8. The number of hydrogen-bond acceptors (Lipinski definition) is 3. The molecule has 0 spiro atoms. The molecule has 1 aromatic rings. The van der Waals surface area contributed by atoms with E-state index in [2.05, 4.69) is 10.6 Å². The zero-order valence-electron chi connectivity index (χ0n) is 11.4. The van der Waals surface area contributed by atoms with Crippen LogP contribution in [-0.4, -0.2) is 31.6 Å². The van der Waals surface area contributed by atoms with Crippen LogP contribution in [0, 0.1) is 6.92 Å². The highest BCUT2D eigenvalue weighted by Gasteiger charge is 2.15. The van der Waals surface area contributed by atoms with Gasteiger partial charge in [-0.25, -0.2) is 0 Å². The van der Waals surface area contributed by atoms with E-state index in [9.17, 15) is 4.79 Å². The quantitative estimate of drug-likeness (QED) is 0.895. The van der Waals surface area contributed by atoms with Gasteiger partial charge >= 0.3 is 0 Å². The number of nitrogens with one attached hydrogen (secondary N) is 2. The third kappa shape index (κ3) is 5.19. The zero-order chi connectivity index (χ0) is 13.7. The molecule has 0 bridgehead atoms. The zero-order valence-corrected chi connectivity index (χ0v) is 13.0. The van der Waals surface area contributed by atoms with Gasteiger partial charge in [0.05, 0.1) is 0 Å². The van der Waals surface area contributed by atoms with E-state index in [1.165, 1.54) is 0 Å². The molecule has 1 aliphatic heterocycles. The lowest BCUT2D eigenvalue weighted by Crippen LogP contribution is -2.44. The second-order valence-corrected chi connectivity index (χ2v) is 5.23. The summed E-state index contributed by atoms with van der Waals surface area (Å²) in [7, 11) is 0. The van der Waals surface area contributed by atoms with E-state index in [1.807, 2.05) is 13.0 Å². The average molecular weight is 319 g/mol. The Kier molecular flexibility index (Phi) is 7.13. The SMILES string of the molecule is Cc1cc(Cl)ccc1OCC(=O)NC1CCNCC1.Cl. The summed E-state index contributed by atoms with van der Waals surface area (Å²) in [5.41, 5.74) is 0.933. The molecule has 0 aromatic heterocycles. The summed E-state index contributed by atoms with van der Waals surface area (Å²) in [5, 5.41) is 6.92.